The van der Waals surface area contributed by atoms with Gasteiger partial charge in [0.15, 0.2) is 0 Å². The van der Waals surface area contributed by atoms with E-state index < -0.39 is 0 Å². The maximum Gasteiger partial charge on any atom is 0.248 e. The van der Waals surface area contributed by atoms with Crippen LogP contribution in [0.15, 0.2) is 0 Å². The van der Waals surface area contributed by atoms with Crippen molar-refractivity contribution in [2.45, 2.75) is 32.7 Å². The zero-order valence-electron chi connectivity index (χ0n) is 11.7. The topological polar surface area (TPSA) is 58.8 Å². The predicted molar refractivity (Wildman–Crippen MR) is 72.4 cm³/mol. The number of rotatable bonds is 7. The van der Waals surface area contributed by atoms with Gasteiger partial charge in [-0.2, -0.15) is 0 Å². The normalized spacial score (nSPS) is 18.9. The lowest BCUT2D eigenvalue weighted by molar-refractivity contribution is -0.138. The molecule has 1 rings (SSSR count). The van der Waals surface area contributed by atoms with Gasteiger partial charge in [-0.1, -0.05) is 13.8 Å². The first-order valence-electron chi connectivity index (χ1n) is 7.02. The van der Waals surface area contributed by atoms with Crippen molar-refractivity contribution in [3.05, 3.63) is 0 Å². The molecule has 1 aliphatic rings. The number of nitrogens with zero attached hydrogens (tertiary/aromatic N) is 2. The van der Waals surface area contributed by atoms with E-state index >= 15 is 0 Å². The molecule has 0 aromatic carbocycles. The smallest absolute Gasteiger partial charge is 0.248 e. The Morgan fingerprint density at radius 2 is 1.94 bits per heavy atom. The van der Waals surface area contributed by atoms with Crippen molar-refractivity contribution in [1.29, 1.82) is 0 Å². The summed E-state index contributed by atoms with van der Waals surface area (Å²) < 4.78 is 5.29. The molecule has 1 fully saturated rings. The minimum atomic E-state index is 0.115. The number of carbonyl (C=O) groups is 1. The van der Waals surface area contributed by atoms with Gasteiger partial charge in [0.2, 0.25) is 5.91 Å². The Labute approximate surface area is 110 Å². The van der Waals surface area contributed by atoms with Gasteiger partial charge in [0.25, 0.3) is 0 Å². The number of nitrogens with two attached hydrogens (primary N) is 1. The largest absolute Gasteiger partial charge is 0.372 e. The number of amides is 1. The molecule has 1 saturated heterocycles. The highest BCUT2D eigenvalue weighted by Crippen LogP contribution is 2.08. The molecular formula is C13H27N3O2. The van der Waals surface area contributed by atoms with Crippen LogP contribution in [0.3, 0.4) is 0 Å². The fourth-order valence-electron chi connectivity index (χ4n) is 2.31. The molecule has 0 spiro atoms. The molecule has 0 bridgehead atoms. The molecule has 0 saturated carbocycles. The van der Waals surface area contributed by atoms with Crippen molar-refractivity contribution in [2.75, 3.05) is 45.9 Å². The molecule has 2 N–H and O–H groups in total. The highest BCUT2D eigenvalue weighted by molar-refractivity contribution is 5.77. The van der Waals surface area contributed by atoms with Gasteiger partial charge in [-0.3, -0.25) is 9.69 Å². The summed E-state index contributed by atoms with van der Waals surface area (Å²) in [4.78, 5) is 16.1. The van der Waals surface area contributed by atoms with E-state index in [0.29, 0.717) is 19.2 Å². The van der Waals surface area contributed by atoms with Crippen molar-refractivity contribution < 1.29 is 9.53 Å². The number of ether oxygens (including phenoxy) is 1. The summed E-state index contributed by atoms with van der Waals surface area (Å²) in [7, 11) is 0. The highest BCUT2D eigenvalue weighted by Gasteiger charge is 2.24. The highest BCUT2D eigenvalue weighted by atomic mass is 16.5. The Morgan fingerprint density at radius 3 is 2.44 bits per heavy atom. The summed E-state index contributed by atoms with van der Waals surface area (Å²) in [6.07, 6.45) is 2.03. The molecule has 0 radical (unpaired) electrons. The summed E-state index contributed by atoms with van der Waals surface area (Å²) in [5.74, 6) is 0.115. The van der Waals surface area contributed by atoms with Crippen molar-refractivity contribution >= 4 is 5.91 Å². The van der Waals surface area contributed by atoms with Crippen LogP contribution < -0.4 is 5.73 Å². The third-order valence-corrected chi connectivity index (χ3v) is 3.50. The third-order valence-electron chi connectivity index (χ3n) is 3.50. The van der Waals surface area contributed by atoms with Crippen molar-refractivity contribution in [3.8, 4) is 0 Å². The van der Waals surface area contributed by atoms with Crippen LogP contribution in [0.2, 0.25) is 0 Å². The van der Waals surface area contributed by atoms with Crippen LogP contribution in [0.1, 0.15) is 26.7 Å². The van der Waals surface area contributed by atoms with Crippen molar-refractivity contribution in [3.63, 3.8) is 0 Å². The van der Waals surface area contributed by atoms with Gasteiger partial charge in [-0.05, 0) is 12.8 Å². The molecule has 1 heterocycles. The molecule has 1 amide bonds. The zero-order chi connectivity index (χ0) is 13.4. The first-order valence-corrected chi connectivity index (χ1v) is 7.02. The standard InChI is InChI=1S/C13H27N3O2/c1-3-9-18-11-13(17)16-7-5-15(6-8-16)12(4-2)10-14/h12H,3-11,14H2,1-2H3. The van der Waals surface area contributed by atoms with Gasteiger partial charge in [0, 0.05) is 45.4 Å². The molecular weight excluding hydrogens is 230 g/mol. The van der Waals surface area contributed by atoms with E-state index in [0.717, 1.165) is 39.0 Å². The second-order valence-corrected chi connectivity index (χ2v) is 4.77. The summed E-state index contributed by atoms with van der Waals surface area (Å²) in [5, 5.41) is 0. The number of hydrogen-bond acceptors (Lipinski definition) is 4. The van der Waals surface area contributed by atoms with Crippen molar-refractivity contribution in [1.82, 2.24) is 9.80 Å². The molecule has 1 atom stereocenters. The Balaban J connectivity index is 2.27. The SMILES string of the molecule is CCCOCC(=O)N1CCN(C(CC)CN)CC1. The van der Waals surface area contributed by atoms with Gasteiger partial charge < -0.3 is 15.4 Å². The van der Waals surface area contributed by atoms with Gasteiger partial charge in [-0.25, -0.2) is 0 Å². The Bertz CT molecular complexity index is 236. The molecule has 106 valence electrons. The van der Waals surface area contributed by atoms with E-state index in [1.54, 1.807) is 0 Å². The first-order chi connectivity index (χ1) is 8.72. The van der Waals surface area contributed by atoms with Gasteiger partial charge in [-0.15, -0.1) is 0 Å². The molecule has 0 aliphatic carbocycles. The van der Waals surface area contributed by atoms with Crippen LogP contribution in [0.5, 0.6) is 0 Å². The third kappa shape index (κ3) is 4.55. The van der Waals surface area contributed by atoms with E-state index in [-0.39, 0.29) is 12.5 Å². The monoisotopic (exact) mass is 257 g/mol. The predicted octanol–water partition coefficient (Wildman–Crippen LogP) is 0.295. The fourth-order valence-corrected chi connectivity index (χ4v) is 2.31. The average molecular weight is 257 g/mol. The Kier molecular flexibility index (Phi) is 7.23. The Morgan fingerprint density at radius 1 is 1.28 bits per heavy atom. The van der Waals surface area contributed by atoms with Gasteiger partial charge in [0.05, 0.1) is 0 Å². The lowest BCUT2D eigenvalue weighted by atomic mass is 10.1. The molecule has 1 unspecified atom stereocenters. The quantitative estimate of drug-likeness (QED) is 0.666. The molecule has 0 aromatic rings. The fraction of sp³-hybridized carbons (Fsp3) is 0.923. The minimum absolute atomic E-state index is 0.115. The minimum Gasteiger partial charge on any atom is -0.372 e. The maximum atomic E-state index is 11.8. The van der Waals surface area contributed by atoms with Gasteiger partial charge in [0.1, 0.15) is 6.61 Å². The zero-order valence-corrected chi connectivity index (χ0v) is 11.7. The number of piperazine rings is 1. The Hall–Kier alpha value is -0.650. The van der Waals surface area contributed by atoms with E-state index in [4.69, 9.17) is 10.5 Å². The average Bonchev–Trinajstić information content (AvgIpc) is 2.41. The van der Waals surface area contributed by atoms with Gasteiger partial charge >= 0.3 is 0 Å². The van der Waals surface area contributed by atoms with Crippen LogP contribution >= 0.6 is 0 Å². The molecule has 18 heavy (non-hydrogen) atoms. The van der Waals surface area contributed by atoms with E-state index in [9.17, 15) is 4.79 Å². The summed E-state index contributed by atoms with van der Waals surface area (Å²) in [5.41, 5.74) is 5.75. The number of carbonyl (C=O) groups excluding carboxylic acids is 1. The molecule has 5 heteroatoms. The van der Waals surface area contributed by atoms with Crippen LogP contribution in [0.4, 0.5) is 0 Å². The summed E-state index contributed by atoms with van der Waals surface area (Å²) in [6, 6.07) is 0.457. The van der Waals surface area contributed by atoms with E-state index in [1.807, 2.05) is 11.8 Å². The van der Waals surface area contributed by atoms with E-state index in [2.05, 4.69) is 11.8 Å². The first kappa shape index (κ1) is 15.4. The molecule has 0 aromatic heterocycles. The summed E-state index contributed by atoms with van der Waals surface area (Å²) >= 11 is 0. The lowest BCUT2D eigenvalue weighted by Gasteiger charge is -2.38. The van der Waals surface area contributed by atoms with E-state index in [1.165, 1.54) is 0 Å². The van der Waals surface area contributed by atoms with Crippen LogP contribution in [0.25, 0.3) is 0 Å². The lowest BCUT2D eigenvalue weighted by Crippen LogP contribution is -2.54. The molecule has 5 nitrogen and oxygen atoms in total. The van der Waals surface area contributed by atoms with Crippen LogP contribution in [0, 0.1) is 0 Å². The van der Waals surface area contributed by atoms with Crippen molar-refractivity contribution in [2.24, 2.45) is 5.73 Å². The van der Waals surface area contributed by atoms with Crippen LogP contribution in [-0.2, 0) is 9.53 Å². The second-order valence-electron chi connectivity index (χ2n) is 4.77. The van der Waals surface area contributed by atoms with Crippen LogP contribution in [-0.4, -0.2) is 67.7 Å². The number of hydrogen-bond donors (Lipinski definition) is 1. The molecule has 1 aliphatic heterocycles. The second kappa shape index (κ2) is 8.45. The summed E-state index contributed by atoms with van der Waals surface area (Å²) in [6.45, 7) is 9.23. The maximum absolute atomic E-state index is 11.8.